The van der Waals surface area contributed by atoms with Crippen LogP contribution in [-0.2, 0) is 18.9 Å². The summed E-state index contributed by atoms with van der Waals surface area (Å²) in [5.74, 6) is 0.226. The van der Waals surface area contributed by atoms with E-state index < -0.39 is 12.1 Å². The van der Waals surface area contributed by atoms with Gasteiger partial charge in [-0.05, 0) is 42.5 Å². The third-order valence-corrected chi connectivity index (χ3v) is 5.29. The van der Waals surface area contributed by atoms with Crippen LogP contribution in [0.1, 0.15) is 80.5 Å². The molecule has 0 N–H and O–H groups in total. The summed E-state index contributed by atoms with van der Waals surface area (Å²) >= 11 is 0. The van der Waals surface area contributed by atoms with Crippen molar-refractivity contribution in [2.45, 2.75) is 72.2 Å². The predicted molar refractivity (Wildman–Crippen MR) is 114 cm³/mol. The zero-order valence-electron chi connectivity index (χ0n) is 18.7. The van der Waals surface area contributed by atoms with Crippen molar-refractivity contribution in [3.63, 3.8) is 0 Å². The quantitative estimate of drug-likeness (QED) is 0.469. The Morgan fingerprint density at radius 3 is 2.13 bits per heavy atom. The van der Waals surface area contributed by atoms with E-state index in [-0.39, 0.29) is 12.3 Å². The molecular weight excluding hydrogens is 384 g/mol. The van der Waals surface area contributed by atoms with Gasteiger partial charge in [0.15, 0.2) is 6.29 Å². The van der Waals surface area contributed by atoms with Crippen LogP contribution in [0.5, 0.6) is 0 Å². The van der Waals surface area contributed by atoms with Crippen LogP contribution in [0.25, 0.3) is 0 Å². The van der Waals surface area contributed by atoms with Crippen molar-refractivity contribution in [1.29, 1.82) is 0 Å². The Morgan fingerprint density at radius 2 is 1.60 bits per heavy atom. The van der Waals surface area contributed by atoms with Gasteiger partial charge in [0.25, 0.3) is 0 Å². The van der Waals surface area contributed by atoms with Gasteiger partial charge in [0.1, 0.15) is 6.10 Å². The summed E-state index contributed by atoms with van der Waals surface area (Å²) in [6.45, 7) is 9.57. The monoisotopic (exact) mass is 420 g/mol. The minimum atomic E-state index is -0.456. The fourth-order valence-corrected chi connectivity index (χ4v) is 3.33. The molecule has 0 spiro atoms. The molecule has 2 rings (SSSR count). The highest BCUT2D eigenvalue weighted by Gasteiger charge is 2.27. The lowest BCUT2D eigenvalue weighted by molar-refractivity contribution is -0.222. The largest absolute Gasteiger partial charge is 0.462 e. The zero-order chi connectivity index (χ0) is 21.9. The molecule has 1 heterocycles. The normalized spacial score (nSPS) is 20.0. The maximum absolute atomic E-state index is 12.4. The first-order valence-corrected chi connectivity index (χ1v) is 11.1. The third-order valence-electron chi connectivity index (χ3n) is 5.29. The summed E-state index contributed by atoms with van der Waals surface area (Å²) in [5, 5.41) is 0. The van der Waals surface area contributed by atoms with E-state index in [0.717, 1.165) is 25.7 Å². The molecule has 0 saturated carbocycles. The van der Waals surface area contributed by atoms with Crippen LogP contribution in [0, 0.1) is 11.8 Å². The number of carbonyl (C=O) groups excluding carboxylic acids is 2. The average molecular weight is 421 g/mol. The van der Waals surface area contributed by atoms with Gasteiger partial charge < -0.3 is 18.9 Å². The van der Waals surface area contributed by atoms with Crippen LogP contribution in [-0.4, -0.2) is 44.2 Å². The molecule has 1 aromatic rings. The molecule has 0 aromatic heterocycles. The topological polar surface area (TPSA) is 71.1 Å². The fourth-order valence-electron chi connectivity index (χ4n) is 3.33. The Balaban J connectivity index is 1.76. The molecule has 1 saturated heterocycles. The van der Waals surface area contributed by atoms with Crippen LogP contribution in [0.2, 0.25) is 0 Å². The van der Waals surface area contributed by atoms with E-state index in [1.807, 2.05) is 0 Å². The van der Waals surface area contributed by atoms with E-state index in [1.54, 1.807) is 24.3 Å². The van der Waals surface area contributed by atoms with E-state index in [1.165, 1.54) is 6.42 Å². The van der Waals surface area contributed by atoms with Gasteiger partial charge in [-0.1, -0.05) is 47.0 Å². The maximum Gasteiger partial charge on any atom is 0.338 e. The molecule has 0 amide bonds. The Hall–Kier alpha value is -1.92. The highest BCUT2D eigenvalue weighted by molar-refractivity contribution is 5.93. The standard InChI is InChI=1S/C24H36O6/c1-5-7-18(6-2)14-22-28-15-21(16-29-22)30-24(26)20-10-8-19(9-11-20)23(25)27-13-12-17(3)4/h8-11,17-18,21-22H,5-7,12-16H2,1-4H3. The van der Waals surface area contributed by atoms with Gasteiger partial charge in [0, 0.05) is 6.42 Å². The Morgan fingerprint density at radius 1 is 1.00 bits per heavy atom. The first-order valence-electron chi connectivity index (χ1n) is 11.1. The van der Waals surface area contributed by atoms with Gasteiger partial charge in [-0.25, -0.2) is 9.59 Å². The average Bonchev–Trinajstić information content (AvgIpc) is 2.74. The molecule has 1 aromatic carbocycles. The zero-order valence-corrected chi connectivity index (χ0v) is 18.7. The van der Waals surface area contributed by atoms with Crippen molar-refractivity contribution in [3.8, 4) is 0 Å². The van der Waals surface area contributed by atoms with Gasteiger partial charge in [0.05, 0.1) is 30.9 Å². The summed E-state index contributed by atoms with van der Waals surface area (Å²) < 4.78 is 22.2. The SMILES string of the molecule is CCCC(CC)CC1OCC(OC(=O)c2ccc(C(=O)OCCC(C)C)cc2)CO1. The first kappa shape index (κ1) is 24.4. The molecule has 1 unspecified atom stereocenters. The Bertz CT molecular complexity index is 646. The number of ether oxygens (including phenoxy) is 4. The van der Waals surface area contributed by atoms with Gasteiger partial charge in [-0.2, -0.15) is 0 Å². The van der Waals surface area contributed by atoms with E-state index >= 15 is 0 Å². The number of rotatable bonds is 11. The number of carbonyl (C=O) groups is 2. The third kappa shape index (κ3) is 8.07. The van der Waals surface area contributed by atoms with Gasteiger partial charge in [-0.15, -0.1) is 0 Å². The molecule has 6 heteroatoms. The van der Waals surface area contributed by atoms with Crippen molar-refractivity contribution in [2.24, 2.45) is 11.8 Å². The lowest BCUT2D eigenvalue weighted by Gasteiger charge is -2.31. The van der Waals surface area contributed by atoms with E-state index in [9.17, 15) is 9.59 Å². The highest BCUT2D eigenvalue weighted by Crippen LogP contribution is 2.22. The lowest BCUT2D eigenvalue weighted by atomic mass is 9.96. The van der Waals surface area contributed by atoms with Gasteiger partial charge >= 0.3 is 11.9 Å². The molecule has 168 valence electrons. The fraction of sp³-hybridized carbons (Fsp3) is 0.667. The second-order valence-corrected chi connectivity index (χ2v) is 8.32. The van der Waals surface area contributed by atoms with E-state index in [0.29, 0.717) is 42.8 Å². The predicted octanol–water partition coefficient (Wildman–Crippen LogP) is 5.00. The van der Waals surface area contributed by atoms with Crippen molar-refractivity contribution in [1.82, 2.24) is 0 Å². The van der Waals surface area contributed by atoms with Gasteiger partial charge in [-0.3, -0.25) is 0 Å². The number of esters is 2. The summed E-state index contributed by atoms with van der Waals surface area (Å²) in [7, 11) is 0. The Labute approximate surface area is 180 Å². The second-order valence-electron chi connectivity index (χ2n) is 8.32. The molecule has 1 fully saturated rings. The minimum absolute atomic E-state index is 0.225. The molecule has 1 aliphatic heterocycles. The Kier molecular flexibility index (Phi) is 10.3. The van der Waals surface area contributed by atoms with Crippen LogP contribution in [0.3, 0.4) is 0 Å². The van der Waals surface area contributed by atoms with Crippen molar-refractivity contribution < 1.29 is 28.5 Å². The second kappa shape index (κ2) is 12.7. The molecule has 6 nitrogen and oxygen atoms in total. The van der Waals surface area contributed by atoms with Gasteiger partial charge in [0.2, 0.25) is 0 Å². The van der Waals surface area contributed by atoms with Crippen LogP contribution < -0.4 is 0 Å². The molecule has 1 atom stereocenters. The molecule has 0 radical (unpaired) electrons. The lowest BCUT2D eigenvalue weighted by Crippen LogP contribution is -2.39. The summed E-state index contributed by atoms with van der Waals surface area (Å²) in [4.78, 5) is 24.4. The van der Waals surface area contributed by atoms with Crippen molar-refractivity contribution in [2.75, 3.05) is 19.8 Å². The first-order chi connectivity index (χ1) is 14.4. The van der Waals surface area contributed by atoms with Crippen molar-refractivity contribution >= 4 is 11.9 Å². The van der Waals surface area contributed by atoms with Crippen LogP contribution >= 0.6 is 0 Å². The molecule has 1 aliphatic rings. The van der Waals surface area contributed by atoms with Crippen LogP contribution in [0.15, 0.2) is 24.3 Å². The van der Waals surface area contributed by atoms with E-state index in [4.69, 9.17) is 18.9 Å². The number of benzene rings is 1. The molecule has 30 heavy (non-hydrogen) atoms. The minimum Gasteiger partial charge on any atom is -0.462 e. The maximum atomic E-state index is 12.4. The number of hydrogen-bond donors (Lipinski definition) is 0. The molecule has 0 aliphatic carbocycles. The summed E-state index contributed by atoms with van der Waals surface area (Å²) in [5.41, 5.74) is 0.796. The summed E-state index contributed by atoms with van der Waals surface area (Å²) in [6.07, 6.45) is 4.47. The highest BCUT2D eigenvalue weighted by atomic mass is 16.7. The van der Waals surface area contributed by atoms with E-state index in [2.05, 4.69) is 27.7 Å². The smallest absolute Gasteiger partial charge is 0.338 e. The van der Waals surface area contributed by atoms with Crippen molar-refractivity contribution in [3.05, 3.63) is 35.4 Å². The number of hydrogen-bond acceptors (Lipinski definition) is 6. The summed E-state index contributed by atoms with van der Waals surface area (Å²) in [6, 6.07) is 6.31. The molecule has 0 bridgehead atoms. The van der Waals surface area contributed by atoms with Crippen LogP contribution in [0.4, 0.5) is 0 Å². The molecular formula is C24H36O6.